The molecule has 2 bridgehead atoms. The van der Waals surface area contributed by atoms with Crippen molar-refractivity contribution in [3.8, 4) is 0 Å². The summed E-state index contributed by atoms with van der Waals surface area (Å²) >= 11 is 0. The van der Waals surface area contributed by atoms with Gasteiger partial charge in [0, 0.05) is 51.7 Å². The molecule has 0 spiro atoms. The van der Waals surface area contributed by atoms with Crippen LogP contribution in [0.1, 0.15) is 43.4 Å². The Bertz CT molecular complexity index is 979. The number of likely N-dealkylation sites (tertiary alicyclic amines) is 1. The molecule has 2 fully saturated rings. The van der Waals surface area contributed by atoms with Crippen molar-refractivity contribution in [2.45, 2.75) is 57.8 Å². The van der Waals surface area contributed by atoms with E-state index >= 15 is 0 Å². The molecule has 2 aromatic rings. The van der Waals surface area contributed by atoms with E-state index in [1.54, 1.807) is 10.9 Å². The number of urea groups is 1. The second-order valence-electron chi connectivity index (χ2n) is 9.96. The number of aromatic nitrogens is 3. The van der Waals surface area contributed by atoms with Crippen molar-refractivity contribution >= 4 is 11.9 Å². The molecule has 5 rings (SSSR count). The van der Waals surface area contributed by atoms with Gasteiger partial charge in [0.1, 0.15) is 0 Å². The van der Waals surface area contributed by atoms with Crippen LogP contribution in [0.5, 0.6) is 0 Å². The highest BCUT2D eigenvalue weighted by atomic mass is 16.2. The molecule has 0 radical (unpaired) electrons. The Morgan fingerprint density at radius 3 is 2.79 bits per heavy atom. The number of nitrogens with one attached hydrogen (secondary N) is 2. The quantitative estimate of drug-likeness (QED) is 0.707. The molecule has 9 nitrogen and oxygen atoms in total. The lowest BCUT2D eigenvalue weighted by molar-refractivity contribution is -0.141. The number of carbonyl (C=O) groups is 2. The Morgan fingerprint density at radius 2 is 1.91 bits per heavy atom. The fourth-order valence-corrected chi connectivity index (χ4v) is 5.95. The van der Waals surface area contributed by atoms with Gasteiger partial charge >= 0.3 is 6.03 Å². The number of carbonyl (C=O) groups excluding carboxylic acids is 2. The highest BCUT2D eigenvalue weighted by molar-refractivity contribution is 5.76. The van der Waals surface area contributed by atoms with Crippen molar-refractivity contribution in [3.63, 3.8) is 0 Å². The largest absolute Gasteiger partial charge is 0.339 e. The molecule has 2 saturated heterocycles. The van der Waals surface area contributed by atoms with Crippen molar-refractivity contribution in [2.75, 3.05) is 26.2 Å². The predicted octanol–water partition coefficient (Wildman–Crippen LogP) is 2.00. The fraction of sp³-hybridized carbons (Fsp3) is 0.600. The average Bonchev–Trinajstić information content (AvgIpc) is 3.28. The molecule has 2 unspecified atom stereocenters. The number of nitrogens with zero attached hydrogens (tertiary/aromatic N) is 5. The van der Waals surface area contributed by atoms with Crippen molar-refractivity contribution in [1.82, 2.24) is 35.4 Å². The van der Waals surface area contributed by atoms with Gasteiger partial charge in [-0.1, -0.05) is 35.5 Å². The molecule has 1 aromatic carbocycles. The molecular weight excluding hydrogens is 430 g/mol. The van der Waals surface area contributed by atoms with Gasteiger partial charge in [0.25, 0.3) is 0 Å². The lowest BCUT2D eigenvalue weighted by Crippen LogP contribution is -2.59. The number of hydrogen-bond acceptors (Lipinski definition) is 5. The monoisotopic (exact) mass is 465 g/mol. The zero-order valence-electron chi connectivity index (χ0n) is 19.7. The molecule has 9 heteroatoms. The summed E-state index contributed by atoms with van der Waals surface area (Å²) in [5.74, 6) is 1.26. The van der Waals surface area contributed by atoms with Crippen LogP contribution in [0.4, 0.5) is 4.79 Å². The third-order valence-electron chi connectivity index (χ3n) is 7.46. The molecule has 3 atom stereocenters. The first-order valence-electron chi connectivity index (χ1n) is 12.6. The van der Waals surface area contributed by atoms with Gasteiger partial charge in [0.05, 0.1) is 18.4 Å². The molecule has 3 aliphatic heterocycles. The van der Waals surface area contributed by atoms with Crippen LogP contribution >= 0.6 is 0 Å². The molecule has 3 aliphatic rings. The minimum Gasteiger partial charge on any atom is -0.339 e. The van der Waals surface area contributed by atoms with Crippen LogP contribution in [0.25, 0.3) is 0 Å². The van der Waals surface area contributed by atoms with Crippen molar-refractivity contribution < 1.29 is 9.59 Å². The maximum Gasteiger partial charge on any atom is 0.315 e. The number of aryl methyl sites for hydroxylation is 1. The highest BCUT2D eigenvalue weighted by Gasteiger charge is 2.42. The summed E-state index contributed by atoms with van der Waals surface area (Å²) in [6, 6.07) is 10.7. The van der Waals surface area contributed by atoms with Gasteiger partial charge in [0.15, 0.2) is 0 Å². The van der Waals surface area contributed by atoms with E-state index in [1.807, 2.05) is 0 Å². The van der Waals surface area contributed by atoms with Gasteiger partial charge in [0.2, 0.25) is 5.91 Å². The topological polar surface area (TPSA) is 95.4 Å². The zero-order chi connectivity index (χ0) is 23.3. The molecule has 34 heavy (non-hydrogen) atoms. The molecular formula is C25H35N7O2. The van der Waals surface area contributed by atoms with Crippen molar-refractivity contribution in [1.29, 1.82) is 0 Å². The summed E-state index contributed by atoms with van der Waals surface area (Å²) in [5.41, 5.74) is 2.20. The number of fused-ring (bicyclic) bond motifs is 5. The van der Waals surface area contributed by atoms with E-state index < -0.39 is 0 Å². The van der Waals surface area contributed by atoms with Crippen LogP contribution in [0.15, 0.2) is 36.5 Å². The first-order chi connectivity index (χ1) is 16.7. The van der Waals surface area contributed by atoms with Gasteiger partial charge in [-0.2, -0.15) is 0 Å². The second-order valence-corrected chi connectivity index (χ2v) is 9.96. The summed E-state index contributed by atoms with van der Waals surface area (Å²) in [6.07, 6.45) is 5.89. The number of piperidine rings is 2. The van der Waals surface area contributed by atoms with Gasteiger partial charge in [-0.25, -0.2) is 9.48 Å². The first-order valence-corrected chi connectivity index (χ1v) is 12.6. The minimum atomic E-state index is -0.175. The van der Waals surface area contributed by atoms with Crippen LogP contribution < -0.4 is 10.6 Å². The predicted molar refractivity (Wildman–Crippen MR) is 128 cm³/mol. The van der Waals surface area contributed by atoms with Crippen LogP contribution in [0.2, 0.25) is 0 Å². The maximum absolute atomic E-state index is 13.4. The van der Waals surface area contributed by atoms with Crippen molar-refractivity contribution in [3.05, 3.63) is 47.8 Å². The molecule has 3 amide bonds. The lowest BCUT2D eigenvalue weighted by Gasteiger charge is -2.51. The highest BCUT2D eigenvalue weighted by Crippen LogP contribution is 2.36. The third kappa shape index (κ3) is 5.41. The Kier molecular flexibility index (Phi) is 7.08. The molecule has 0 saturated carbocycles. The smallest absolute Gasteiger partial charge is 0.315 e. The molecule has 182 valence electrons. The maximum atomic E-state index is 13.4. The minimum absolute atomic E-state index is 0.175. The van der Waals surface area contributed by atoms with Crippen molar-refractivity contribution in [2.24, 2.45) is 11.8 Å². The number of benzene rings is 1. The SMILES string of the molecule is O=C1NCCCC2[C@H]3CC(CN(Cc4ccccc4)C3)CN2C(=O)CCCn2nncc2CN1. The lowest BCUT2D eigenvalue weighted by atomic mass is 9.77. The number of amides is 3. The number of rotatable bonds is 2. The summed E-state index contributed by atoms with van der Waals surface area (Å²) < 4.78 is 1.79. The average molecular weight is 466 g/mol. The molecule has 2 N–H and O–H groups in total. The standard InChI is InChI=1S/C25H35N7O2/c33-24-9-5-11-32-22(14-28-29-32)13-27-25(34)26-10-4-8-23-21-12-20(17-31(23)24)16-30(18-21)15-19-6-2-1-3-7-19/h1-3,6-7,14,20-21,23H,4-5,8-13,15-18H2,(H2,26,27,34)/t20?,21-,23?/m0/s1. The van der Waals surface area contributed by atoms with Gasteiger partial charge in [-0.3, -0.25) is 9.69 Å². The first kappa shape index (κ1) is 22.8. The van der Waals surface area contributed by atoms with E-state index in [0.717, 1.165) is 51.1 Å². The summed E-state index contributed by atoms with van der Waals surface area (Å²) in [4.78, 5) is 30.4. The van der Waals surface area contributed by atoms with E-state index in [4.69, 9.17) is 0 Å². The third-order valence-corrected chi connectivity index (χ3v) is 7.46. The molecule has 1 aromatic heterocycles. The summed E-state index contributed by atoms with van der Waals surface area (Å²) in [7, 11) is 0. The van der Waals surface area contributed by atoms with Crippen LogP contribution in [-0.4, -0.2) is 69.0 Å². The van der Waals surface area contributed by atoms with Crippen LogP contribution in [0, 0.1) is 11.8 Å². The van der Waals surface area contributed by atoms with Gasteiger partial charge in [-0.15, -0.1) is 5.10 Å². The van der Waals surface area contributed by atoms with E-state index in [1.165, 1.54) is 12.0 Å². The van der Waals surface area contributed by atoms with E-state index in [0.29, 0.717) is 37.9 Å². The van der Waals surface area contributed by atoms with E-state index in [-0.39, 0.29) is 18.0 Å². The second kappa shape index (κ2) is 10.5. The van der Waals surface area contributed by atoms with Gasteiger partial charge in [-0.05, 0) is 43.1 Å². The normalized spacial score (nSPS) is 26.9. The summed E-state index contributed by atoms with van der Waals surface area (Å²) in [5, 5.41) is 14.0. The molecule has 0 aliphatic carbocycles. The zero-order valence-corrected chi connectivity index (χ0v) is 19.7. The summed E-state index contributed by atoms with van der Waals surface area (Å²) in [6.45, 7) is 5.49. The number of hydrogen-bond donors (Lipinski definition) is 2. The van der Waals surface area contributed by atoms with Crippen LogP contribution in [-0.2, 0) is 24.4 Å². The van der Waals surface area contributed by atoms with E-state index in [9.17, 15) is 9.59 Å². The van der Waals surface area contributed by atoms with Crippen LogP contribution in [0.3, 0.4) is 0 Å². The van der Waals surface area contributed by atoms with E-state index in [2.05, 4.69) is 61.1 Å². The Labute approximate surface area is 200 Å². The molecule has 4 heterocycles. The Hall–Kier alpha value is -2.94. The Balaban J connectivity index is 1.28. The van der Waals surface area contributed by atoms with Gasteiger partial charge < -0.3 is 15.5 Å². The fourth-order valence-electron chi connectivity index (χ4n) is 5.95. The Morgan fingerprint density at radius 1 is 1.03 bits per heavy atom.